The summed E-state index contributed by atoms with van der Waals surface area (Å²) in [6.45, 7) is 3.03. The zero-order valence-corrected chi connectivity index (χ0v) is 20.6. The predicted molar refractivity (Wildman–Crippen MR) is 135 cm³/mol. The Bertz CT molecular complexity index is 1140. The van der Waals surface area contributed by atoms with Crippen molar-refractivity contribution in [2.45, 2.75) is 44.2 Å². The third-order valence-electron chi connectivity index (χ3n) is 6.46. The molecule has 2 N–H and O–H groups in total. The summed E-state index contributed by atoms with van der Waals surface area (Å²) < 4.78 is 22.4. The molecule has 35 heavy (non-hydrogen) atoms. The van der Waals surface area contributed by atoms with Gasteiger partial charge >= 0.3 is 5.97 Å². The first kappa shape index (κ1) is 25.3. The molecule has 0 saturated heterocycles. The molecule has 6 nitrogen and oxygen atoms in total. The van der Waals surface area contributed by atoms with Crippen molar-refractivity contribution in [3.8, 4) is 28.1 Å². The summed E-state index contributed by atoms with van der Waals surface area (Å²) in [6, 6.07) is 14.5. The molecule has 0 amide bonds. The van der Waals surface area contributed by atoms with Gasteiger partial charge in [0, 0.05) is 23.2 Å². The van der Waals surface area contributed by atoms with Crippen LogP contribution in [0.5, 0.6) is 5.75 Å². The fraction of sp³-hybridized carbons (Fsp3) is 0.407. The lowest BCUT2D eigenvalue weighted by molar-refractivity contribution is -0.142. The highest BCUT2D eigenvalue weighted by molar-refractivity contribution is 7.99. The van der Waals surface area contributed by atoms with E-state index in [0.717, 1.165) is 48.6 Å². The van der Waals surface area contributed by atoms with Crippen molar-refractivity contribution in [2.75, 3.05) is 19.0 Å². The molecule has 8 heteroatoms. The van der Waals surface area contributed by atoms with Gasteiger partial charge in [0.1, 0.15) is 17.3 Å². The molecule has 1 heterocycles. The molecule has 1 aromatic heterocycles. The van der Waals surface area contributed by atoms with Gasteiger partial charge in [-0.15, -0.1) is 11.8 Å². The monoisotopic (exact) mass is 498 g/mol. The lowest BCUT2D eigenvalue weighted by atomic mass is 9.82. The van der Waals surface area contributed by atoms with Crippen molar-refractivity contribution >= 4 is 17.7 Å². The maximum atomic E-state index is 15.1. The molecule has 0 spiro atoms. The van der Waals surface area contributed by atoms with Crippen LogP contribution in [-0.2, 0) is 16.1 Å². The highest BCUT2D eigenvalue weighted by Crippen LogP contribution is 2.43. The number of phenols is 1. The van der Waals surface area contributed by atoms with Gasteiger partial charge in [-0.2, -0.15) is 5.10 Å². The number of hydrogen-bond acceptors (Lipinski definition) is 5. The van der Waals surface area contributed by atoms with E-state index in [0.29, 0.717) is 35.3 Å². The number of aromatic hydroxyl groups is 1. The number of halogens is 1. The fourth-order valence-corrected chi connectivity index (χ4v) is 5.63. The highest BCUT2D eigenvalue weighted by Gasteiger charge is 2.27. The van der Waals surface area contributed by atoms with Crippen molar-refractivity contribution in [2.24, 2.45) is 11.8 Å². The summed E-state index contributed by atoms with van der Waals surface area (Å²) in [4.78, 5) is 10.7. The molecule has 186 valence electrons. The molecule has 1 aliphatic carbocycles. The number of hydrogen-bond donors (Lipinski definition) is 2. The zero-order valence-electron chi connectivity index (χ0n) is 19.8. The van der Waals surface area contributed by atoms with Gasteiger partial charge in [-0.05, 0) is 49.3 Å². The minimum absolute atomic E-state index is 0.249. The van der Waals surface area contributed by atoms with Crippen molar-refractivity contribution in [3.63, 3.8) is 0 Å². The van der Waals surface area contributed by atoms with E-state index in [2.05, 4.69) is 6.92 Å². The first-order valence-corrected chi connectivity index (χ1v) is 13.0. The Morgan fingerprint density at radius 1 is 1.11 bits per heavy atom. The Kier molecular flexibility index (Phi) is 8.46. The molecule has 1 aliphatic rings. The van der Waals surface area contributed by atoms with Gasteiger partial charge in [-0.25, -0.2) is 9.18 Å². The van der Waals surface area contributed by atoms with Crippen LogP contribution in [0.25, 0.3) is 22.4 Å². The quantitative estimate of drug-likeness (QED) is 0.330. The number of aliphatic carboxylic acids is 1. The smallest absolute Gasteiger partial charge is 0.329 e. The highest BCUT2D eigenvalue weighted by atomic mass is 32.2. The number of carboxylic acids is 1. The standard InChI is InChI=1S/C27H31FN2O4S/c1-2-35-27-24(21-9-6-10-22(31)25(21)28)26(20-7-4-3-5-8-20)29-30(27)15-18-11-13-19(14-12-18)16-34-17-23(32)33/h3-10,18-19,31H,2,11-17H2,1H3,(H,32,33)/t18-,19-. The van der Waals surface area contributed by atoms with E-state index in [9.17, 15) is 9.90 Å². The van der Waals surface area contributed by atoms with Gasteiger partial charge in [0.15, 0.2) is 11.6 Å². The first-order chi connectivity index (χ1) is 17.0. The van der Waals surface area contributed by atoms with E-state index in [1.807, 2.05) is 35.0 Å². The number of aromatic nitrogens is 2. The number of rotatable bonds is 10. The molecule has 0 unspecified atom stereocenters. The normalized spacial score (nSPS) is 18.0. The number of benzene rings is 2. The number of carbonyl (C=O) groups is 1. The minimum atomic E-state index is -0.938. The minimum Gasteiger partial charge on any atom is -0.505 e. The first-order valence-electron chi connectivity index (χ1n) is 12.0. The Labute approximate surface area is 209 Å². The summed E-state index contributed by atoms with van der Waals surface area (Å²) in [5, 5.41) is 24.7. The number of nitrogens with zero attached hydrogens (tertiary/aromatic N) is 2. The average molecular weight is 499 g/mol. The average Bonchev–Trinajstić information content (AvgIpc) is 3.20. The third-order valence-corrected chi connectivity index (χ3v) is 7.44. The van der Waals surface area contributed by atoms with Crippen LogP contribution in [0.1, 0.15) is 32.6 Å². The van der Waals surface area contributed by atoms with Crippen LogP contribution in [0, 0.1) is 17.7 Å². The van der Waals surface area contributed by atoms with E-state index in [1.165, 1.54) is 6.07 Å². The second kappa shape index (κ2) is 11.7. The van der Waals surface area contributed by atoms with E-state index in [-0.39, 0.29) is 12.4 Å². The second-order valence-corrected chi connectivity index (χ2v) is 10.2. The van der Waals surface area contributed by atoms with E-state index >= 15 is 4.39 Å². The van der Waals surface area contributed by atoms with Crippen molar-refractivity contribution < 1.29 is 24.1 Å². The van der Waals surface area contributed by atoms with Gasteiger partial charge < -0.3 is 14.9 Å². The van der Waals surface area contributed by atoms with Crippen molar-refractivity contribution in [1.29, 1.82) is 0 Å². The lowest BCUT2D eigenvalue weighted by Crippen LogP contribution is -2.23. The van der Waals surface area contributed by atoms with Crippen LogP contribution in [0.15, 0.2) is 53.6 Å². The van der Waals surface area contributed by atoms with Gasteiger partial charge in [-0.3, -0.25) is 4.68 Å². The molecule has 0 radical (unpaired) electrons. The van der Waals surface area contributed by atoms with Crippen LogP contribution in [0.4, 0.5) is 4.39 Å². The van der Waals surface area contributed by atoms with Gasteiger partial charge in [0.05, 0.1) is 6.61 Å². The van der Waals surface area contributed by atoms with Crippen LogP contribution < -0.4 is 0 Å². The Morgan fingerprint density at radius 3 is 2.51 bits per heavy atom. The summed E-state index contributed by atoms with van der Waals surface area (Å²) in [7, 11) is 0. The topological polar surface area (TPSA) is 84.6 Å². The van der Waals surface area contributed by atoms with Crippen LogP contribution in [0.2, 0.25) is 0 Å². The summed E-state index contributed by atoms with van der Waals surface area (Å²) >= 11 is 1.63. The molecule has 4 rings (SSSR count). The molecular formula is C27H31FN2O4S. The molecule has 0 atom stereocenters. The number of phenolic OH excluding ortho intramolecular Hbond substituents is 1. The number of ether oxygens (including phenoxy) is 1. The van der Waals surface area contributed by atoms with Crippen LogP contribution in [-0.4, -0.2) is 44.9 Å². The summed E-state index contributed by atoms with van der Waals surface area (Å²) in [5.74, 6) is -0.335. The second-order valence-electron chi connectivity index (χ2n) is 8.94. The Balaban J connectivity index is 1.62. The summed E-state index contributed by atoms with van der Waals surface area (Å²) in [5.41, 5.74) is 2.68. The predicted octanol–water partition coefficient (Wildman–Crippen LogP) is 6.08. The molecule has 1 saturated carbocycles. The fourth-order valence-electron chi connectivity index (χ4n) is 4.75. The maximum absolute atomic E-state index is 15.1. The van der Waals surface area contributed by atoms with Crippen molar-refractivity contribution in [1.82, 2.24) is 9.78 Å². The van der Waals surface area contributed by atoms with Gasteiger partial charge in [-0.1, -0.05) is 49.4 Å². The largest absolute Gasteiger partial charge is 0.505 e. The number of thioether (sulfide) groups is 1. The van der Waals surface area contributed by atoms with Crippen molar-refractivity contribution in [3.05, 3.63) is 54.3 Å². The van der Waals surface area contributed by atoms with Crippen LogP contribution >= 0.6 is 11.8 Å². The van der Waals surface area contributed by atoms with E-state index < -0.39 is 11.8 Å². The molecule has 0 aliphatic heterocycles. The van der Waals surface area contributed by atoms with Gasteiger partial charge in [0.2, 0.25) is 0 Å². The van der Waals surface area contributed by atoms with E-state index in [4.69, 9.17) is 14.9 Å². The molecule has 2 aromatic carbocycles. The summed E-state index contributed by atoms with van der Waals surface area (Å²) in [6.07, 6.45) is 3.99. The molecule has 1 fully saturated rings. The van der Waals surface area contributed by atoms with E-state index in [1.54, 1.807) is 23.9 Å². The molecule has 0 bridgehead atoms. The SMILES string of the molecule is CCSc1c(-c2cccc(O)c2F)c(-c2ccccc2)nn1C[C@H]1CC[C@H](COCC(=O)O)CC1. The Hall–Kier alpha value is -2.84. The molecular weight excluding hydrogens is 467 g/mol. The number of carboxylic acid groups (broad SMARTS) is 1. The third kappa shape index (κ3) is 6.05. The van der Waals surface area contributed by atoms with Crippen LogP contribution in [0.3, 0.4) is 0 Å². The lowest BCUT2D eigenvalue weighted by Gasteiger charge is -2.28. The molecule has 3 aromatic rings. The Morgan fingerprint density at radius 2 is 1.83 bits per heavy atom. The maximum Gasteiger partial charge on any atom is 0.329 e. The zero-order chi connectivity index (χ0) is 24.8. The van der Waals surface area contributed by atoms with Gasteiger partial charge in [0.25, 0.3) is 0 Å².